The molecule has 1 saturated heterocycles. The minimum absolute atomic E-state index is 0.0805. The van der Waals surface area contributed by atoms with Crippen molar-refractivity contribution in [2.45, 2.75) is 52.1 Å². The Labute approximate surface area is 148 Å². The average molecular weight is 346 g/mol. The monoisotopic (exact) mass is 346 g/mol. The van der Waals surface area contributed by atoms with Crippen LogP contribution in [0.3, 0.4) is 0 Å². The van der Waals surface area contributed by atoms with Gasteiger partial charge in [-0.15, -0.1) is 0 Å². The Morgan fingerprint density at radius 3 is 2.80 bits per heavy atom. The summed E-state index contributed by atoms with van der Waals surface area (Å²) in [5.41, 5.74) is 0.465. The standard InChI is InChI=1S/C20H27FN2O2/c1-13-6-5-9-18(14(13)2)23-12-16(10-19(23)24)20(25)22-11-15-7-3-4-8-17(15)21/h3-4,7-8,13-14,16,18H,5-6,9-12H2,1-2H3,(H,22,25)/t13-,14+,16+,18-/m0/s1. The number of halogens is 1. The Morgan fingerprint density at radius 2 is 2.04 bits per heavy atom. The number of amides is 2. The lowest BCUT2D eigenvalue weighted by molar-refractivity contribution is -0.132. The number of carbonyl (C=O) groups excluding carboxylic acids is 2. The molecule has 1 heterocycles. The molecule has 4 nitrogen and oxygen atoms in total. The van der Waals surface area contributed by atoms with Crippen molar-refractivity contribution >= 4 is 11.8 Å². The molecule has 1 aliphatic carbocycles. The van der Waals surface area contributed by atoms with Crippen molar-refractivity contribution in [3.63, 3.8) is 0 Å². The van der Waals surface area contributed by atoms with Gasteiger partial charge in [0, 0.05) is 31.1 Å². The van der Waals surface area contributed by atoms with Crippen LogP contribution in [0, 0.1) is 23.6 Å². The summed E-state index contributed by atoms with van der Waals surface area (Å²) in [4.78, 5) is 26.8. The van der Waals surface area contributed by atoms with E-state index in [0.29, 0.717) is 23.9 Å². The van der Waals surface area contributed by atoms with E-state index < -0.39 is 0 Å². The highest BCUT2D eigenvalue weighted by Crippen LogP contribution is 2.35. The summed E-state index contributed by atoms with van der Waals surface area (Å²) in [5, 5.41) is 2.79. The Balaban J connectivity index is 1.58. The molecule has 0 aromatic heterocycles. The summed E-state index contributed by atoms with van der Waals surface area (Å²) in [5.74, 6) is 0.353. The van der Waals surface area contributed by atoms with Gasteiger partial charge in [-0.1, -0.05) is 44.9 Å². The number of hydrogen-bond acceptors (Lipinski definition) is 2. The first-order valence-corrected chi connectivity index (χ1v) is 9.28. The zero-order chi connectivity index (χ0) is 18.0. The van der Waals surface area contributed by atoms with Gasteiger partial charge in [-0.3, -0.25) is 9.59 Å². The molecule has 25 heavy (non-hydrogen) atoms. The maximum Gasteiger partial charge on any atom is 0.225 e. The van der Waals surface area contributed by atoms with E-state index in [9.17, 15) is 14.0 Å². The molecule has 2 aliphatic rings. The van der Waals surface area contributed by atoms with E-state index in [2.05, 4.69) is 19.2 Å². The van der Waals surface area contributed by atoms with E-state index in [1.165, 1.54) is 12.5 Å². The van der Waals surface area contributed by atoms with Crippen LogP contribution in [-0.4, -0.2) is 29.3 Å². The molecule has 0 radical (unpaired) electrons. The number of benzene rings is 1. The minimum atomic E-state index is -0.330. The predicted octanol–water partition coefficient (Wildman–Crippen LogP) is 3.12. The van der Waals surface area contributed by atoms with Crippen LogP contribution in [0.4, 0.5) is 4.39 Å². The van der Waals surface area contributed by atoms with Crippen molar-refractivity contribution in [2.75, 3.05) is 6.54 Å². The maximum absolute atomic E-state index is 13.7. The molecule has 136 valence electrons. The van der Waals surface area contributed by atoms with Gasteiger partial charge in [0.15, 0.2) is 0 Å². The molecular weight excluding hydrogens is 319 g/mol. The summed E-state index contributed by atoms with van der Waals surface area (Å²) < 4.78 is 13.7. The van der Waals surface area contributed by atoms with Crippen LogP contribution in [0.5, 0.6) is 0 Å². The molecule has 4 atom stereocenters. The molecule has 5 heteroatoms. The fraction of sp³-hybridized carbons (Fsp3) is 0.600. The topological polar surface area (TPSA) is 49.4 Å². The van der Waals surface area contributed by atoms with Crippen LogP contribution in [0.1, 0.15) is 45.1 Å². The third kappa shape index (κ3) is 3.86. The average Bonchev–Trinajstić information content (AvgIpc) is 2.98. The molecule has 0 unspecified atom stereocenters. The summed E-state index contributed by atoms with van der Waals surface area (Å²) in [6.07, 6.45) is 3.65. The molecular formula is C20H27FN2O2. The molecule has 1 saturated carbocycles. The van der Waals surface area contributed by atoms with Crippen LogP contribution >= 0.6 is 0 Å². The van der Waals surface area contributed by atoms with Crippen molar-refractivity contribution in [1.29, 1.82) is 0 Å². The molecule has 2 amide bonds. The number of likely N-dealkylation sites (tertiary alicyclic amines) is 1. The second kappa shape index (κ2) is 7.54. The van der Waals surface area contributed by atoms with Crippen molar-refractivity contribution in [1.82, 2.24) is 10.2 Å². The normalized spacial score (nSPS) is 29.7. The number of hydrogen-bond donors (Lipinski definition) is 1. The molecule has 2 fully saturated rings. The third-order valence-electron chi connectivity index (χ3n) is 6.00. The number of carbonyl (C=O) groups is 2. The zero-order valence-electron chi connectivity index (χ0n) is 15.0. The second-order valence-electron chi connectivity index (χ2n) is 7.59. The highest BCUT2D eigenvalue weighted by atomic mass is 19.1. The van der Waals surface area contributed by atoms with E-state index in [1.807, 2.05) is 4.90 Å². The highest BCUT2D eigenvalue weighted by molar-refractivity contribution is 5.89. The quantitative estimate of drug-likeness (QED) is 0.911. The first kappa shape index (κ1) is 17.9. The highest BCUT2D eigenvalue weighted by Gasteiger charge is 2.41. The van der Waals surface area contributed by atoms with Crippen LogP contribution in [0.15, 0.2) is 24.3 Å². The van der Waals surface area contributed by atoms with E-state index >= 15 is 0 Å². The molecule has 0 spiro atoms. The lowest BCUT2D eigenvalue weighted by Gasteiger charge is -2.40. The molecule has 1 aliphatic heterocycles. The van der Waals surface area contributed by atoms with Gasteiger partial charge in [0.05, 0.1) is 5.92 Å². The van der Waals surface area contributed by atoms with Crippen LogP contribution in [0.25, 0.3) is 0 Å². The number of nitrogens with one attached hydrogen (secondary N) is 1. The van der Waals surface area contributed by atoms with Gasteiger partial charge in [0.1, 0.15) is 5.82 Å². The van der Waals surface area contributed by atoms with Crippen molar-refractivity contribution in [3.05, 3.63) is 35.6 Å². The minimum Gasteiger partial charge on any atom is -0.352 e. The summed E-state index contributed by atoms with van der Waals surface area (Å²) >= 11 is 0. The van der Waals surface area contributed by atoms with E-state index in [4.69, 9.17) is 0 Å². The molecule has 1 aromatic carbocycles. The Hall–Kier alpha value is -1.91. The van der Waals surface area contributed by atoms with Gasteiger partial charge >= 0.3 is 0 Å². The van der Waals surface area contributed by atoms with Gasteiger partial charge in [0.25, 0.3) is 0 Å². The maximum atomic E-state index is 13.7. The molecule has 1 N–H and O–H groups in total. The Kier molecular flexibility index (Phi) is 5.40. The predicted molar refractivity (Wildman–Crippen MR) is 94.0 cm³/mol. The van der Waals surface area contributed by atoms with E-state index in [1.54, 1.807) is 18.2 Å². The van der Waals surface area contributed by atoms with Gasteiger partial charge in [-0.05, 0) is 24.3 Å². The number of nitrogens with zero attached hydrogens (tertiary/aromatic N) is 1. The van der Waals surface area contributed by atoms with E-state index in [0.717, 1.165) is 12.8 Å². The SMILES string of the molecule is C[C@@H]1[C@@H](C)CCC[C@@H]1N1C[C@H](C(=O)NCc2ccccc2F)CC1=O. The van der Waals surface area contributed by atoms with Gasteiger partial charge in [-0.25, -0.2) is 4.39 Å². The van der Waals surface area contributed by atoms with Crippen molar-refractivity contribution in [2.24, 2.45) is 17.8 Å². The van der Waals surface area contributed by atoms with Gasteiger partial charge in [0.2, 0.25) is 11.8 Å². The molecule has 3 rings (SSSR count). The first-order valence-electron chi connectivity index (χ1n) is 9.28. The third-order valence-corrected chi connectivity index (χ3v) is 6.00. The zero-order valence-corrected chi connectivity index (χ0v) is 15.0. The van der Waals surface area contributed by atoms with Crippen LogP contribution < -0.4 is 5.32 Å². The Morgan fingerprint density at radius 1 is 1.28 bits per heavy atom. The first-order chi connectivity index (χ1) is 12.0. The fourth-order valence-electron chi connectivity index (χ4n) is 4.19. The Bertz CT molecular complexity index is 648. The van der Waals surface area contributed by atoms with Crippen molar-refractivity contribution < 1.29 is 14.0 Å². The lowest BCUT2D eigenvalue weighted by Crippen LogP contribution is -2.45. The van der Waals surface area contributed by atoms with Crippen molar-refractivity contribution in [3.8, 4) is 0 Å². The second-order valence-corrected chi connectivity index (χ2v) is 7.59. The number of rotatable bonds is 4. The largest absolute Gasteiger partial charge is 0.352 e. The van der Waals surface area contributed by atoms with Crippen LogP contribution in [-0.2, 0) is 16.1 Å². The summed E-state index contributed by atoms with van der Waals surface area (Å²) in [6.45, 7) is 5.11. The molecule has 1 aromatic rings. The summed E-state index contributed by atoms with van der Waals surface area (Å²) in [6, 6.07) is 6.67. The molecule has 0 bridgehead atoms. The smallest absolute Gasteiger partial charge is 0.225 e. The van der Waals surface area contributed by atoms with Crippen LogP contribution in [0.2, 0.25) is 0 Å². The fourth-order valence-corrected chi connectivity index (χ4v) is 4.19. The summed E-state index contributed by atoms with van der Waals surface area (Å²) in [7, 11) is 0. The van der Waals surface area contributed by atoms with E-state index in [-0.39, 0.29) is 42.6 Å². The van der Waals surface area contributed by atoms with Gasteiger partial charge < -0.3 is 10.2 Å². The van der Waals surface area contributed by atoms with Gasteiger partial charge in [-0.2, -0.15) is 0 Å². The lowest BCUT2D eigenvalue weighted by atomic mass is 9.77.